The lowest BCUT2D eigenvalue weighted by molar-refractivity contribution is 0.181. The molecule has 1 aliphatic rings. The first-order chi connectivity index (χ1) is 12.8. The molecule has 1 aromatic carbocycles. The number of halogens is 1. The van der Waals surface area contributed by atoms with Crippen LogP contribution in [0.5, 0.6) is 0 Å². The molecule has 0 radical (unpaired) electrons. The van der Waals surface area contributed by atoms with Gasteiger partial charge in [-0.1, -0.05) is 12.1 Å². The molecular weight excluding hydrogens is 459 g/mol. The molecule has 0 aliphatic carbocycles. The molecule has 1 amide bonds. The van der Waals surface area contributed by atoms with Crippen LogP contribution >= 0.6 is 24.0 Å². The fourth-order valence-electron chi connectivity index (χ4n) is 2.68. The zero-order chi connectivity index (χ0) is 18.2. The van der Waals surface area contributed by atoms with Crippen LogP contribution in [0.15, 0.2) is 52.1 Å². The Morgan fingerprint density at radius 1 is 1.22 bits per heavy atom. The molecule has 1 aliphatic heterocycles. The fourth-order valence-corrected chi connectivity index (χ4v) is 2.68. The van der Waals surface area contributed by atoms with Crippen LogP contribution in [0.4, 0.5) is 10.5 Å². The highest BCUT2D eigenvalue weighted by Crippen LogP contribution is 2.19. The third-order valence-electron chi connectivity index (χ3n) is 4.02. The van der Waals surface area contributed by atoms with E-state index in [0.29, 0.717) is 19.7 Å². The SMILES string of the molecule is CCNC(=NCc1ccc(N2CCOC2=O)cc1)NCCc1ccco1.I. The first-order valence-corrected chi connectivity index (χ1v) is 8.84. The number of hydrogen-bond acceptors (Lipinski definition) is 4. The molecule has 2 aromatic rings. The molecule has 7 nitrogen and oxygen atoms in total. The standard InChI is InChI=1S/C19H24N4O3.HI/c1-2-20-18(21-10-9-17-4-3-12-25-17)22-14-15-5-7-16(8-6-15)23-11-13-26-19(23)24;/h3-8,12H,2,9-11,13-14H2,1H3,(H2,20,21,22);1H. The smallest absolute Gasteiger partial charge is 0.414 e. The summed E-state index contributed by atoms with van der Waals surface area (Å²) in [6, 6.07) is 11.7. The van der Waals surface area contributed by atoms with Gasteiger partial charge in [-0.15, -0.1) is 24.0 Å². The van der Waals surface area contributed by atoms with Gasteiger partial charge in [0.15, 0.2) is 5.96 Å². The quantitative estimate of drug-likeness (QED) is 0.359. The van der Waals surface area contributed by atoms with Gasteiger partial charge in [-0.3, -0.25) is 4.90 Å². The normalized spacial score (nSPS) is 13.9. The fraction of sp³-hybridized carbons (Fsp3) is 0.368. The second kappa shape index (κ2) is 10.8. The maximum atomic E-state index is 11.6. The Morgan fingerprint density at radius 3 is 2.67 bits per heavy atom. The van der Waals surface area contributed by atoms with Gasteiger partial charge in [0.25, 0.3) is 0 Å². The zero-order valence-corrected chi connectivity index (χ0v) is 17.6. The van der Waals surface area contributed by atoms with Crippen molar-refractivity contribution in [2.75, 3.05) is 31.1 Å². The Bertz CT molecular complexity index is 732. The van der Waals surface area contributed by atoms with Crippen LogP contribution < -0.4 is 15.5 Å². The highest BCUT2D eigenvalue weighted by molar-refractivity contribution is 14.0. The van der Waals surface area contributed by atoms with Gasteiger partial charge in [-0.05, 0) is 36.8 Å². The molecule has 0 unspecified atom stereocenters. The number of nitrogens with one attached hydrogen (secondary N) is 2. The van der Waals surface area contributed by atoms with E-state index in [9.17, 15) is 4.79 Å². The van der Waals surface area contributed by atoms with Crippen molar-refractivity contribution in [3.05, 3.63) is 54.0 Å². The zero-order valence-electron chi connectivity index (χ0n) is 15.3. The second-order valence-corrected chi connectivity index (χ2v) is 5.88. The average Bonchev–Trinajstić information content (AvgIpc) is 3.32. The number of guanidine groups is 1. The van der Waals surface area contributed by atoms with Gasteiger partial charge in [-0.25, -0.2) is 9.79 Å². The summed E-state index contributed by atoms with van der Waals surface area (Å²) in [5.74, 6) is 1.72. The summed E-state index contributed by atoms with van der Waals surface area (Å²) in [5, 5.41) is 6.53. The van der Waals surface area contributed by atoms with Gasteiger partial charge < -0.3 is 19.8 Å². The molecular formula is C19H25IN4O3. The van der Waals surface area contributed by atoms with E-state index in [0.717, 1.165) is 42.5 Å². The monoisotopic (exact) mass is 484 g/mol. The van der Waals surface area contributed by atoms with Gasteiger partial charge in [-0.2, -0.15) is 0 Å². The lowest BCUT2D eigenvalue weighted by Crippen LogP contribution is -2.38. The van der Waals surface area contributed by atoms with Crippen LogP contribution in [-0.2, 0) is 17.7 Å². The largest absolute Gasteiger partial charge is 0.469 e. The molecule has 0 saturated carbocycles. The van der Waals surface area contributed by atoms with Crippen LogP contribution in [0.3, 0.4) is 0 Å². The highest BCUT2D eigenvalue weighted by atomic mass is 127. The third-order valence-corrected chi connectivity index (χ3v) is 4.02. The number of rotatable bonds is 7. The van der Waals surface area contributed by atoms with E-state index < -0.39 is 0 Å². The molecule has 27 heavy (non-hydrogen) atoms. The van der Waals surface area contributed by atoms with Gasteiger partial charge in [0, 0.05) is 25.2 Å². The van der Waals surface area contributed by atoms with Crippen LogP contribution in [0.1, 0.15) is 18.2 Å². The number of carbonyl (C=O) groups is 1. The number of ether oxygens (including phenoxy) is 1. The van der Waals surface area contributed by atoms with Crippen molar-refractivity contribution in [1.82, 2.24) is 10.6 Å². The minimum Gasteiger partial charge on any atom is -0.469 e. The molecule has 1 aromatic heterocycles. The predicted molar refractivity (Wildman–Crippen MR) is 116 cm³/mol. The maximum absolute atomic E-state index is 11.6. The van der Waals surface area contributed by atoms with Gasteiger partial charge in [0.1, 0.15) is 12.4 Å². The Morgan fingerprint density at radius 2 is 2.04 bits per heavy atom. The molecule has 0 bridgehead atoms. The highest BCUT2D eigenvalue weighted by Gasteiger charge is 2.23. The van der Waals surface area contributed by atoms with Gasteiger partial charge in [0.05, 0.1) is 19.4 Å². The lowest BCUT2D eigenvalue weighted by Gasteiger charge is -2.13. The van der Waals surface area contributed by atoms with E-state index in [-0.39, 0.29) is 30.1 Å². The molecule has 2 N–H and O–H groups in total. The van der Waals surface area contributed by atoms with Gasteiger partial charge in [0.2, 0.25) is 0 Å². The summed E-state index contributed by atoms with van der Waals surface area (Å²) < 4.78 is 10.3. The Labute approximate surface area is 176 Å². The van der Waals surface area contributed by atoms with E-state index in [4.69, 9.17) is 9.15 Å². The number of amides is 1. The molecule has 2 heterocycles. The Hall–Kier alpha value is -2.23. The minimum absolute atomic E-state index is 0. The molecule has 0 spiro atoms. The molecule has 0 atom stereocenters. The third kappa shape index (κ3) is 6.16. The first-order valence-electron chi connectivity index (χ1n) is 8.84. The summed E-state index contributed by atoms with van der Waals surface area (Å²) in [4.78, 5) is 17.8. The minimum atomic E-state index is -0.286. The topological polar surface area (TPSA) is 79.1 Å². The molecule has 8 heteroatoms. The van der Waals surface area contributed by atoms with E-state index in [1.807, 2.05) is 43.3 Å². The second-order valence-electron chi connectivity index (χ2n) is 5.88. The maximum Gasteiger partial charge on any atom is 0.414 e. The number of hydrogen-bond donors (Lipinski definition) is 2. The molecule has 146 valence electrons. The Balaban J connectivity index is 0.00000261. The van der Waals surface area contributed by atoms with E-state index >= 15 is 0 Å². The average molecular weight is 484 g/mol. The van der Waals surface area contributed by atoms with Crippen molar-refractivity contribution in [3.8, 4) is 0 Å². The number of carbonyl (C=O) groups excluding carboxylic acids is 1. The van der Waals surface area contributed by atoms with Crippen LogP contribution in [0, 0.1) is 0 Å². The van der Waals surface area contributed by atoms with Crippen molar-refractivity contribution >= 4 is 41.7 Å². The number of cyclic esters (lactones) is 1. The molecule has 1 saturated heterocycles. The van der Waals surface area contributed by atoms with Crippen molar-refractivity contribution in [2.45, 2.75) is 19.9 Å². The van der Waals surface area contributed by atoms with E-state index in [2.05, 4.69) is 15.6 Å². The molecule has 3 rings (SSSR count). The summed E-state index contributed by atoms with van der Waals surface area (Å²) >= 11 is 0. The number of nitrogens with zero attached hydrogens (tertiary/aromatic N) is 2. The van der Waals surface area contributed by atoms with Crippen molar-refractivity contribution in [2.24, 2.45) is 4.99 Å². The number of furan rings is 1. The van der Waals surface area contributed by atoms with Crippen molar-refractivity contribution in [3.63, 3.8) is 0 Å². The molecule has 1 fully saturated rings. The van der Waals surface area contributed by atoms with E-state index in [1.54, 1.807) is 11.2 Å². The summed E-state index contributed by atoms with van der Waals surface area (Å²) in [5.41, 5.74) is 1.92. The van der Waals surface area contributed by atoms with Gasteiger partial charge >= 0.3 is 6.09 Å². The Kier molecular flexibility index (Phi) is 8.43. The van der Waals surface area contributed by atoms with Crippen LogP contribution in [0.25, 0.3) is 0 Å². The first kappa shape index (κ1) is 21.1. The van der Waals surface area contributed by atoms with Crippen molar-refractivity contribution in [1.29, 1.82) is 0 Å². The summed E-state index contributed by atoms with van der Waals surface area (Å²) in [7, 11) is 0. The van der Waals surface area contributed by atoms with Crippen LogP contribution in [-0.4, -0.2) is 38.3 Å². The summed E-state index contributed by atoms with van der Waals surface area (Å²) in [6.07, 6.45) is 2.20. The predicted octanol–water partition coefficient (Wildman–Crippen LogP) is 3.15. The lowest BCUT2D eigenvalue weighted by atomic mass is 10.2. The summed E-state index contributed by atoms with van der Waals surface area (Å²) in [6.45, 7) is 5.17. The number of anilines is 1. The number of benzene rings is 1. The van der Waals surface area contributed by atoms with E-state index in [1.165, 1.54) is 0 Å². The van der Waals surface area contributed by atoms with Crippen LogP contribution in [0.2, 0.25) is 0 Å². The number of aliphatic imine (C=N–C) groups is 1. The van der Waals surface area contributed by atoms with Crippen molar-refractivity contribution < 1.29 is 13.9 Å².